The first-order valence-electron chi connectivity index (χ1n) is 8.31. The maximum atomic E-state index is 13.4. The van der Waals surface area contributed by atoms with Gasteiger partial charge in [-0.15, -0.1) is 0 Å². The Labute approximate surface area is 174 Å². The number of carboxylic acid groups (broad SMARTS) is 1. The predicted octanol–water partition coefficient (Wildman–Crippen LogP) is 5.20. The largest absolute Gasteiger partial charge is 0.481 e. The van der Waals surface area contributed by atoms with E-state index in [1.165, 1.54) is 23.2 Å². The Hall–Kier alpha value is -2.35. The number of anilines is 2. The lowest BCUT2D eigenvalue weighted by Gasteiger charge is -2.39. The number of carboxylic acids is 1. The van der Waals surface area contributed by atoms with Crippen LogP contribution in [0.25, 0.3) is 10.2 Å². The van der Waals surface area contributed by atoms with Gasteiger partial charge >= 0.3 is 5.97 Å². The molecule has 0 saturated heterocycles. The van der Waals surface area contributed by atoms with Crippen molar-refractivity contribution in [2.75, 3.05) is 4.90 Å². The van der Waals surface area contributed by atoms with Crippen molar-refractivity contribution in [1.82, 2.24) is 4.98 Å². The highest BCUT2D eigenvalue weighted by Gasteiger charge is 2.48. The topological polar surface area (TPSA) is 79.7 Å². The number of thiazole rings is 1. The Morgan fingerprint density at radius 1 is 1.29 bits per heavy atom. The van der Waals surface area contributed by atoms with Gasteiger partial charge in [0.25, 0.3) is 5.91 Å². The summed E-state index contributed by atoms with van der Waals surface area (Å²) in [5.74, 6) is -1.23. The van der Waals surface area contributed by atoms with Gasteiger partial charge in [-0.1, -0.05) is 46.7 Å². The maximum Gasteiger partial charge on any atom is 0.307 e. The van der Waals surface area contributed by atoms with E-state index in [0.717, 1.165) is 5.56 Å². The van der Waals surface area contributed by atoms with Crippen LogP contribution in [0.2, 0.25) is 10.0 Å². The quantitative estimate of drug-likeness (QED) is 0.609. The zero-order chi connectivity index (χ0) is 20.2. The highest BCUT2D eigenvalue weighted by atomic mass is 35.5. The molecule has 6 nitrogen and oxygen atoms in total. The summed E-state index contributed by atoms with van der Waals surface area (Å²) in [4.78, 5) is 30.7. The second kappa shape index (κ2) is 6.62. The van der Waals surface area contributed by atoms with Crippen LogP contribution in [-0.4, -0.2) is 27.6 Å². The lowest BCUT2D eigenvalue weighted by molar-refractivity contribution is -0.148. The predicted molar refractivity (Wildman–Crippen MR) is 109 cm³/mol. The molecule has 1 aliphatic rings. The number of aromatic nitrogens is 1. The number of carbonyl (C=O) groups excluding carboxylic acids is 1. The van der Waals surface area contributed by atoms with Crippen LogP contribution in [0.3, 0.4) is 0 Å². The van der Waals surface area contributed by atoms with Crippen LogP contribution in [-0.2, 0) is 9.59 Å². The fourth-order valence-electron chi connectivity index (χ4n) is 3.24. The number of rotatable bonds is 3. The van der Waals surface area contributed by atoms with Crippen molar-refractivity contribution in [2.45, 2.75) is 25.9 Å². The third-order valence-corrected chi connectivity index (χ3v) is 6.34. The first-order chi connectivity index (χ1) is 13.2. The number of hydrogen-bond acceptors (Lipinski definition) is 5. The minimum atomic E-state index is -1.57. The van der Waals surface area contributed by atoms with E-state index in [-0.39, 0.29) is 0 Å². The van der Waals surface area contributed by atoms with E-state index in [1.54, 1.807) is 24.3 Å². The van der Waals surface area contributed by atoms with E-state index in [1.807, 2.05) is 13.0 Å². The summed E-state index contributed by atoms with van der Waals surface area (Å²) in [5.41, 5.74) is 0.239. The average molecular weight is 437 g/mol. The van der Waals surface area contributed by atoms with E-state index >= 15 is 0 Å². The monoisotopic (exact) mass is 436 g/mol. The summed E-state index contributed by atoms with van der Waals surface area (Å²) in [5, 5.41) is 10.5. The number of aryl methyl sites for hydroxylation is 1. The molecule has 1 aliphatic heterocycles. The Bertz CT molecular complexity index is 1110. The van der Waals surface area contributed by atoms with Gasteiger partial charge in [-0.25, -0.2) is 9.88 Å². The molecule has 0 radical (unpaired) electrons. The van der Waals surface area contributed by atoms with Crippen molar-refractivity contribution >= 4 is 67.5 Å². The molecule has 0 bridgehead atoms. The molecule has 2 heterocycles. The van der Waals surface area contributed by atoms with Gasteiger partial charge in [0.05, 0.1) is 26.9 Å². The zero-order valence-electron chi connectivity index (χ0n) is 14.8. The molecule has 1 N–H and O–H groups in total. The van der Waals surface area contributed by atoms with Crippen molar-refractivity contribution in [2.24, 2.45) is 0 Å². The molecule has 1 unspecified atom stereocenters. The molecule has 3 aromatic rings. The minimum Gasteiger partial charge on any atom is -0.481 e. The molecule has 0 spiro atoms. The molecule has 0 aliphatic carbocycles. The Balaban J connectivity index is 1.96. The third kappa shape index (κ3) is 2.90. The van der Waals surface area contributed by atoms with E-state index in [4.69, 9.17) is 27.9 Å². The Morgan fingerprint density at radius 2 is 2.00 bits per heavy atom. The molecule has 0 fully saturated rings. The molecule has 4 rings (SSSR count). The minimum absolute atomic E-state index is 0.352. The normalized spacial score (nSPS) is 18.9. The first-order valence-corrected chi connectivity index (χ1v) is 9.88. The number of ether oxygens (including phenoxy) is 1. The van der Waals surface area contributed by atoms with Crippen molar-refractivity contribution < 1.29 is 19.4 Å². The van der Waals surface area contributed by atoms with Crippen LogP contribution in [0.4, 0.5) is 10.8 Å². The standard InChI is InChI=1S/C19H14Cl2N2O4S/c1-9-4-3-5-12-15(9)23(17(26)19(2,27-12)8-13(24)25)18-22-14-10(20)6-7-11(21)16(14)28-18/h3-7H,8H2,1-2H3,(H,24,25). The highest BCUT2D eigenvalue weighted by Crippen LogP contribution is 2.47. The van der Waals surface area contributed by atoms with Crippen molar-refractivity contribution in [3.63, 3.8) is 0 Å². The summed E-state index contributed by atoms with van der Waals surface area (Å²) in [7, 11) is 0. The van der Waals surface area contributed by atoms with Gasteiger partial charge in [0, 0.05) is 0 Å². The molecule has 28 heavy (non-hydrogen) atoms. The average Bonchev–Trinajstić information content (AvgIpc) is 3.05. The third-order valence-electron chi connectivity index (χ3n) is 4.53. The summed E-state index contributed by atoms with van der Waals surface area (Å²) in [6.45, 7) is 3.31. The van der Waals surface area contributed by atoms with Crippen LogP contribution in [0, 0.1) is 6.92 Å². The second-order valence-corrected chi connectivity index (χ2v) is 8.46. The van der Waals surface area contributed by atoms with Gasteiger partial charge < -0.3 is 9.84 Å². The number of hydrogen-bond donors (Lipinski definition) is 1. The number of para-hydroxylation sites is 1. The number of halogens is 2. The second-order valence-electron chi connectivity index (χ2n) is 6.67. The Morgan fingerprint density at radius 3 is 2.68 bits per heavy atom. The van der Waals surface area contributed by atoms with Gasteiger partial charge in [-0.05, 0) is 37.6 Å². The van der Waals surface area contributed by atoms with Gasteiger partial charge in [0.15, 0.2) is 10.7 Å². The maximum absolute atomic E-state index is 13.4. The summed E-state index contributed by atoms with van der Waals surface area (Å²) in [6, 6.07) is 8.65. The highest BCUT2D eigenvalue weighted by molar-refractivity contribution is 7.23. The molecule has 0 saturated carbocycles. The zero-order valence-corrected chi connectivity index (χ0v) is 17.2. The van der Waals surface area contributed by atoms with Crippen LogP contribution in [0.5, 0.6) is 5.75 Å². The molecule has 1 aromatic heterocycles. The molecule has 1 amide bonds. The molecular weight excluding hydrogens is 423 g/mol. The van der Waals surface area contributed by atoms with E-state index in [2.05, 4.69) is 4.98 Å². The number of aliphatic carboxylic acids is 1. The summed E-state index contributed by atoms with van der Waals surface area (Å²) >= 11 is 13.7. The first kappa shape index (κ1) is 19.0. The van der Waals surface area contributed by atoms with Gasteiger partial charge in [-0.2, -0.15) is 0 Å². The number of fused-ring (bicyclic) bond motifs is 2. The summed E-state index contributed by atoms with van der Waals surface area (Å²) < 4.78 is 6.50. The number of nitrogens with zero attached hydrogens (tertiary/aromatic N) is 2. The van der Waals surface area contributed by atoms with Crippen molar-refractivity contribution in [1.29, 1.82) is 0 Å². The molecule has 1 atom stereocenters. The van der Waals surface area contributed by atoms with Crippen LogP contribution >= 0.6 is 34.5 Å². The molecule has 9 heteroatoms. The van der Waals surface area contributed by atoms with Gasteiger partial charge in [-0.3, -0.25) is 9.59 Å². The lowest BCUT2D eigenvalue weighted by atomic mass is 9.96. The Kier molecular flexibility index (Phi) is 4.49. The van der Waals surface area contributed by atoms with E-state index in [0.29, 0.717) is 36.8 Å². The SMILES string of the molecule is Cc1cccc2c1N(c1nc3c(Cl)ccc(Cl)c3s1)C(=O)C(C)(CC(=O)O)O2. The number of carbonyl (C=O) groups is 2. The van der Waals surface area contributed by atoms with E-state index < -0.39 is 23.9 Å². The number of amides is 1. The van der Waals surface area contributed by atoms with Crippen LogP contribution < -0.4 is 9.64 Å². The molecule has 2 aromatic carbocycles. The van der Waals surface area contributed by atoms with Crippen LogP contribution in [0.15, 0.2) is 30.3 Å². The molecular formula is C19H14Cl2N2O4S. The lowest BCUT2D eigenvalue weighted by Crippen LogP contribution is -2.54. The fraction of sp³-hybridized carbons (Fsp3) is 0.211. The molecule has 144 valence electrons. The van der Waals surface area contributed by atoms with Gasteiger partial charge in [0.2, 0.25) is 0 Å². The van der Waals surface area contributed by atoms with Crippen LogP contribution in [0.1, 0.15) is 18.9 Å². The smallest absolute Gasteiger partial charge is 0.307 e. The van der Waals surface area contributed by atoms with Crippen molar-refractivity contribution in [3.8, 4) is 5.75 Å². The van der Waals surface area contributed by atoms with Crippen molar-refractivity contribution in [3.05, 3.63) is 45.9 Å². The van der Waals surface area contributed by atoms with E-state index in [9.17, 15) is 14.7 Å². The fourth-order valence-corrected chi connectivity index (χ4v) is 4.76. The number of benzene rings is 2. The van der Waals surface area contributed by atoms with Gasteiger partial charge in [0.1, 0.15) is 11.3 Å². The summed E-state index contributed by atoms with van der Waals surface area (Å²) in [6.07, 6.45) is -0.484.